The summed E-state index contributed by atoms with van der Waals surface area (Å²) in [4.78, 5) is 11.7. The van der Waals surface area contributed by atoms with Gasteiger partial charge in [-0.05, 0) is 73.6 Å². The molecule has 0 aliphatic carbocycles. The number of halogens is 1. The molecule has 0 spiro atoms. The molecule has 0 heterocycles. The Morgan fingerprint density at radius 2 is 1.41 bits per heavy atom. The van der Waals surface area contributed by atoms with E-state index < -0.39 is 16.2 Å². The molecule has 0 radical (unpaired) electrons. The molecular weight excluding hydrogens is 367 g/mol. The number of aryl methyl sites for hydroxylation is 1. The molecule has 0 unspecified atom stereocenters. The smallest absolute Gasteiger partial charge is 0.332 e. The number of benzene rings is 2. The Morgan fingerprint density at radius 1 is 0.926 bits per heavy atom. The first-order valence-electron chi connectivity index (χ1n) is 8.41. The molecule has 0 aliphatic heterocycles. The summed E-state index contributed by atoms with van der Waals surface area (Å²) in [7, 11) is -3.57. The van der Waals surface area contributed by atoms with E-state index in [2.05, 4.69) is 0 Å². The molecule has 0 aromatic heterocycles. The lowest BCUT2D eigenvalue weighted by molar-refractivity contribution is -0.134. The molecule has 0 saturated heterocycles. The second kappa shape index (κ2) is 7.64. The lowest BCUT2D eigenvalue weighted by Crippen LogP contribution is -2.09. The minimum atomic E-state index is -4.86. The molecule has 27 heavy (non-hydrogen) atoms. The molecule has 0 saturated carbocycles. The van der Waals surface area contributed by atoms with Crippen LogP contribution in [0.4, 0.5) is 3.89 Å². The molecule has 2 rings (SSSR count). The van der Waals surface area contributed by atoms with Crippen LogP contribution in [-0.2, 0) is 19.8 Å². The third kappa shape index (κ3) is 4.11. The van der Waals surface area contributed by atoms with E-state index in [1.807, 2.05) is 31.2 Å². The molecule has 0 amide bonds. The molecule has 6 heteroatoms. The number of esters is 1. The van der Waals surface area contributed by atoms with E-state index in [-0.39, 0.29) is 4.90 Å². The number of ether oxygens (including phenoxy) is 1. The topological polar surface area (TPSA) is 60.4 Å². The van der Waals surface area contributed by atoms with E-state index in [9.17, 15) is 17.1 Å². The normalized spacial score (nSPS) is 12.2. The van der Waals surface area contributed by atoms with Gasteiger partial charge in [-0.15, -0.1) is 3.89 Å². The Bertz CT molecular complexity index is 1000. The van der Waals surface area contributed by atoms with Crippen LogP contribution in [0.3, 0.4) is 0 Å². The predicted molar refractivity (Wildman–Crippen MR) is 104 cm³/mol. The van der Waals surface area contributed by atoms with Gasteiger partial charge < -0.3 is 4.74 Å². The molecule has 4 nitrogen and oxygen atoms in total. The molecule has 144 valence electrons. The summed E-state index contributed by atoms with van der Waals surface area (Å²) in [5.74, 6) is -0.526. The molecule has 2 aromatic rings. The molecule has 0 bridgehead atoms. The minimum Gasteiger partial charge on any atom is -0.466 e. The van der Waals surface area contributed by atoms with Gasteiger partial charge in [0.05, 0.1) is 7.11 Å². The highest BCUT2D eigenvalue weighted by molar-refractivity contribution is 7.86. The molecule has 0 fully saturated rings. The number of carbonyl (C=O) groups is 1. The van der Waals surface area contributed by atoms with Crippen LogP contribution in [0.1, 0.15) is 38.9 Å². The van der Waals surface area contributed by atoms with Crippen molar-refractivity contribution in [3.63, 3.8) is 0 Å². The van der Waals surface area contributed by atoms with Crippen molar-refractivity contribution < 1.29 is 21.8 Å². The SMILES string of the molecule is COC(=O)/C=C(/c1ccc(C)cc1)c1c(C)c(C)c(S(=O)(=O)F)c(C)c1C. The van der Waals surface area contributed by atoms with Crippen molar-refractivity contribution in [2.75, 3.05) is 7.11 Å². The summed E-state index contributed by atoms with van der Waals surface area (Å²) in [5.41, 5.74) is 5.02. The zero-order chi connectivity index (χ0) is 20.5. The maximum absolute atomic E-state index is 13.9. The lowest BCUT2D eigenvalue weighted by Gasteiger charge is -2.21. The first-order valence-corrected chi connectivity index (χ1v) is 9.79. The molecular formula is C21H23FO4S. The fourth-order valence-corrected chi connectivity index (χ4v) is 4.30. The Balaban J connectivity index is 2.91. The number of hydrogen-bond donors (Lipinski definition) is 0. The van der Waals surface area contributed by atoms with E-state index in [0.29, 0.717) is 33.4 Å². The van der Waals surface area contributed by atoms with Crippen LogP contribution in [0, 0.1) is 34.6 Å². The number of methoxy groups -OCH3 is 1. The second-order valence-corrected chi connectivity index (χ2v) is 7.87. The van der Waals surface area contributed by atoms with Crippen LogP contribution in [0.2, 0.25) is 0 Å². The lowest BCUT2D eigenvalue weighted by atomic mass is 9.86. The molecule has 0 atom stereocenters. The standard InChI is InChI=1S/C21H23FO4S/c1-12-7-9-17(10-8-12)18(11-19(23)26-6)20-13(2)15(4)21(27(22,24)25)16(5)14(20)3/h7-11H,1-6H3/b18-11-. The van der Waals surface area contributed by atoms with Crippen LogP contribution < -0.4 is 0 Å². The van der Waals surface area contributed by atoms with Gasteiger partial charge in [0.2, 0.25) is 0 Å². The summed E-state index contributed by atoms with van der Waals surface area (Å²) >= 11 is 0. The van der Waals surface area contributed by atoms with Crippen molar-refractivity contribution in [2.24, 2.45) is 0 Å². The third-order valence-electron chi connectivity index (χ3n) is 4.90. The molecule has 2 aromatic carbocycles. The fourth-order valence-electron chi connectivity index (χ4n) is 3.26. The van der Waals surface area contributed by atoms with E-state index in [1.54, 1.807) is 27.7 Å². The van der Waals surface area contributed by atoms with Gasteiger partial charge in [0.1, 0.15) is 4.90 Å². The Hall–Kier alpha value is -2.47. The largest absolute Gasteiger partial charge is 0.466 e. The molecule has 0 aliphatic rings. The van der Waals surface area contributed by atoms with E-state index in [4.69, 9.17) is 4.74 Å². The Morgan fingerprint density at radius 3 is 1.81 bits per heavy atom. The average molecular weight is 390 g/mol. The Kier molecular flexibility index (Phi) is 5.90. The first-order chi connectivity index (χ1) is 12.5. The van der Waals surface area contributed by atoms with E-state index in [1.165, 1.54) is 13.2 Å². The predicted octanol–water partition coefficient (Wildman–Crippen LogP) is 4.49. The van der Waals surface area contributed by atoms with E-state index >= 15 is 0 Å². The zero-order valence-electron chi connectivity index (χ0n) is 16.3. The van der Waals surface area contributed by atoms with Gasteiger partial charge in [0.15, 0.2) is 0 Å². The van der Waals surface area contributed by atoms with Gasteiger partial charge in [-0.3, -0.25) is 0 Å². The average Bonchev–Trinajstić information content (AvgIpc) is 2.59. The van der Waals surface area contributed by atoms with E-state index in [0.717, 1.165) is 11.1 Å². The highest BCUT2D eigenvalue weighted by Gasteiger charge is 2.26. The maximum Gasteiger partial charge on any atom is 0.332 e. The van der Waals surface area contributed by atoms with Crippen molar-refractivity contribution in [3.05, 3.63) is 69.3 Å². The van der Waals surface area contributed by atoms with Crippen LogP contribution in [-0.4, -0.2) is 21.5 Å². The summed E-state index contributed by atoms with van der Waals surface area (Å²) < 4.78 is 41.9. The minimum absolute atomic E-state index is 0.303. The second-order valence-electron chi connectivity index (χ2n) is 6.59. The van der Waals surface area contributed by atoms with Gasteiger partial charge in [0.25, 0.3) is 0 Å². The quantitative estimate of drug-likeness (QED) is 0.438. The fraction of sp³-hybridized carbons (Fsp3) is 0.286. The number of rotatable bonds is 4. The first kappa shape index (κ1) is 20.8. The highest BCUT2D eigenvalue weighted by Crippen LogP contribution is 2.37. The summed E-state index contributed by atoms with van der Waals surface area (Å²) in [6.07, 6.45) is 1.38. The third-order valence-corrected chi connectivity index (χ3v) is 6.00. The van der Waals surface area contributed by atoms with Crippen LogP contribution in [0.5, 0.6) is 0 Å². The maximum atomic E-state index is 13.9. The zero-order valence-corrected chi connectivity index (χ0v) is 17.1. The highest BCUT2D eigenvalue weighted by atomic mass is 32.3. The van der Waals surface area contributed by atoms with Gasteiger partial charge >= 0.3 is 16.2 Å². The summed E-state index contributed by atoms with van der Waals surface area (Å²) in [6.45, 7) is 8.56. The number of hydrogen-bond acceptors (Lipinski definition) is 4. The van der Waals surface area contributed by atoms with Gasteiger partial charge in [-0.1, -0.05) is 29.8 Å². The summed E-state index contributed by atoms with van der Waals surface area (Å²) in [6, 6.07) is 7.61. The van der Waals surface area contributed by atoms with Crippen molar-refractivity contribution in [1.82, 2.24) is 0 Å². The van der Waals surface area contributed by atoms with Crippen LogP contribution >= 0.6 is 0 Å². The summed E-state index contributed by atoms with van der Waals surface area (Å²) in [5, 5.41) is 0. The van der Waals surface area contributed by atoms with Crippen molar-refractivity contribution >= 4 is 21.8 Å². The van der Waals surface area contributed by atoms with Gasteiger partial charge in [-0.2, -0.15) is 8.42 Å². The Labute approximate surface area is 159 Å². The van der Waals surface area contributed by atoms with Crippen LogP contribution in [0.15, 0.2) is 35.2 Å². The van der Waals surface area contributed by atoms with Crippen molar-refractivity contribution in [2.45, 2.75) is 39.5 Å². The monoisotopic (exact) mass is 390 g/mol. The van der Waals surface area contributed by atoms with Gasteiger partial charge in [0, 0.05) is 6.08 Å². The van der Waals surface area contributed by atoms with Crippen molar-refractivity contribution in [3.8, 4) is 0 Å². The van der Waals surface area contributed by atoms with Gasteiger partial charge in [-0.25, -0.2) is 4.79 Å². The number of carbonyl (C=O) groups excluding carboxylic acids is 1. The van der Waals surface area contributed by atoms with Crippen molar-refractivity contribution in [1.29, 1.82) is 0 Å². The molecule has 0 N–H and O–H groups in total. The van der Waals surface area contributed by atoms with Crippen LogP contribution in [0.25, 0.3) is 5.57 Å².